The number of nitrogens with zero attached hydrogens (tertiary/aromatic N) is 6. The second-order valence-electron chi connectivity index (χ2n) is 17.9. The summed E-state index contributed by atoms with van der Waals surface area (Å²) in [5.74, 6) is -1.31. The van der Waals surface area contributed by atoms with E-state index in [1.807, 2.05) is 36.6 Å². The lowest BCUT2D eigenvalue weighted by atomic mass is 9.94. The number of ether oxygens (including phenoxy) is 3. The molecule has 4 aliphatic rings. The quantitative estimate of drug-likeness (QED) is 0.187. The van der Waals surface area contributed by atoms with Crippen LogP contribution in [-0.4, -0.2) is 93.6 Å². The van der Waals surface area contributed by atoms with E-state index in [1.165, 1.54) is 12.1 Å². The predicted molar refractivity (Wildman–Crippen MR) is 220 cm³/mol. The van der Waals surface area contributed by atoms with E-state index in [1.54, 1.807) is 25.7 Å². The molecule has 318 valence electrons. The van der Waals surface area contributed by atoms with Gasteiger partial charge in [0.1, 0.15) is 46.0 Å². The predicted octanol–water partition coefficient (Wildman–Crippen LogP) is 10.0. The Balaban J connectivity index is 1.24. The molecule has 0 aliphatic carbocycles. The molecule has 0 spiro atoms. The van der Waals surface area contributed by atoms with Gasteiger partial charge in [-0.05, 0) is 97.9 Å². The number of hydrogen-bond acceptors (Lipinski definition) is 11. The third kappa shape index (κ3) is 7.66. The van der Waals surface area contributed by atoms with E-state index in [2.05, 4.69) is 10.3 Å². The average Bonchev–Trinajstić information content (AvgIpc) is 3.89. The van der Waals surface area contributed by atoms with Crippen molar-refractivity contribution in [3.8, 4) is 23.2 Å². The van der Waals surface area contributed by atoms with Crippen molar-refractivity contribution in [2.75, 3.05) is 43.0 Å². The van der Waals surface area contributed by atoms with Gasteiger partial charge in [-0.25, -0.2) is 18.4 Å². The van der Waals surface area contributed by atoms with E-state index in [4.69, 9.17) is 30.8 Å². The van der Waals surface area contributed by atoms with Gasteiger partial charge in [0.15, 0.2) is 5.82 Å². The Labute approximate surface area is 353 Å². The number of anilines is 2. The summed E-state index contributed by atoms with van der Waals surface area (Å²) in [7, 11) is 0. The number of amides is 2. The zero-order valence-corrected chi connectivity index (χ0v) is 35.6. The summed E-state index contributed by atoms with van der Waals surface area (Å²) < 4.78 is 78.0. The number of aromatic nitrogens is 2. The smallest absolute Gasteiger partial charge is 0.412 e. The molecule has 6 heterocycles. The van der Waals surface area contributed by atoms with Crippen molar-refractivity contribution in [1.82, 2.24) is 19.8 Å². The van der Waals surface area contributed by atoms with Crippen LogP contribution in [0.4, 0.5) is 38.0 Å². The second-order valence-corrected chi connectivity index (χ2v) is 19.3. The van der Waals surface area contributed by atoms with Gasteiger partial charge in [0.2, 0.25) is 0 Å². The van der Waals surface area contributed by atoms with Crippen LogP contribution in [0.5, 0.6) is 6.01 Å². The zero-order chi connectivity index (χ0) is 43.1. The van der Waals surface area contributed by atoms with E-state index in [0.29, 0.717) is 44.7 Å². The fourth-order valence-electron chi connectivity index (χ4n) is 9.04. The minimum absolute atomic E-state index is 0.00348. The first-order valence-corrected chi connectivity index (χ1v) is 21.0. The highest BCUT2D eigenvalue weighted by atomic mass is 35.5. The first kappa shape index (κ1) is 41.8. The SMILES string of the molecule is CC(C)(C)OC(=O)Nc1sc2c(F)ccc(-c3c(Cl)cc4c(N5C[C@H]6CC[C@@H](C5)N6C(=O)OC(C)(C)C)nc(OCC56CCCN5CC(=C(F)F)C6)nc4c3F)c2c1C#N. The van der Waals surface area contributed by atoms with Gasteiger partial charge >= 0.3 is 18.2 Å². The lowest BCUT2D eigenvalue weighted by Crippen LogP contribution is -2.57. The Morgan fingerprint density at radius 1 is 1.07 bits per heavy atom. The van der Waals surface area contributed by atoms with Gasteiger partial charge in [-0.3, -0.25) is 15.1 Å². The standard InChI is InChI=1S/C42H44ClF4N7O5S/c1-40(2,3)58-38(55)51-36-26(16-48)29-24(10-11-28(44)33(29)60-36)30-27(43)14-25-32(31(30)45)49-37(57-20-42-12-7-13-53(42)17-21(15-42)34(46)47)50-35(25)52-18-22-8-9-23(19-52)54(22)39(56)59-41(4,5)6/h10-11,14,22-23H,7-9,12-13,15,17-20H2,1-6H3,(H,51,55)/t22-,23+,42?. The van der Waals surface area contributed by atoms with Gasteiger partial charge in [0.25, 0.3) is 6.08 Å². The van der Waals surface area contributed by atoms with Crippen molar-refractivity contribution in [1.29, 1.82) is 5.26 Å². The van der Waals surface area contributed by atoms with Crippen LogP contribution in [0.25, 0.3) is 32.1 Å². The minimum Gasteiger partial charge on any atom is -0.461 e. The van der Waals surface area contributed by atoms with Gasteiger partial charge in [0, 0.05) is 41.5 Å². The van der Waals surface area contributed by atoms with Gasteiger partial charge in [-0.2, -0.15) is 24.0 Å². The number of carbonyl (C=O) groups excluding carboxylic acids is 2. The van der Waals surface area contributed by atoms with E-state index in [9.17, 15) is 23.6 Å². The molecule has 2 amide bonds. The van der Waals surface area contributed by atoms with E-state index >= 15 is 8.78 Å². The fraction of sp³-hybridized carbons (Fsp3) is 0.500. The highest BCUT2D eigenvalue weighted by molar-refractivity contribution is 7.23. The lowest BCUT2D eigenvalue weighted by molar-refractivity contribution is 0.0122. The summed E-state index contributed by atoms with van der Waals surface area (Å²) in [5, 5.41) is 13.1. The Bertz CT molecular complexity index is 2500. The van der Waals surface area contributed by atoms with Crippen LogP contribution in [0, 0.1) is 23.0 Å². The first-order chi connectivity index (χ1) is 28.3. The molecule has 2 aromatic carbocycles. The maximum Gasteiger partial charge on any atom is 0.412 e. The minimum atomic E-state index is -1.70. The molecule has 0 radical (unpaired) electrons. The van der Waals surface area contributed by atoms with Crippen molar-refractivity contribution in [3.63, 3.8) is 0 Å². The van der Waals surface area contributed by atoms with Crippen LogP contribution in [-0.2, 0) is 9.47 Å². The Morgan fingerprint density at radius 2 is 1.77 bits per heavy atom. The summed E-state index contributed by atoms with van der Waals surface area (Å²) in [6.07, 6.45) is -0.0392. The van der Waals surface area contributed by atoms with Crippen molar-refractivity contribution in [2.45, 2.75) is 102 Å². The van der Waals surface area contributed by atoms with Gasteiger partial charge in [0.05, 0.1) is 32.9 Å². The second kappa shape index (κ2) is 15.2. The maximum absolute atomic E-state index is 17.5. The van der Waals surface area contributed by atoms with Crippen molar-refractivity contribution >= 4 is 66.9 Å². The molecule has 2 bridgehead atoms. The molecule has 1 N–H and O–H groups in total. The molecule has 1 unspecified atom stereocenters. The van der Waals surface area contributed by atoms with Crippen molar-refractivity contribution in [3.05, 3.63) is 52.1 Å². The van der Waals surface area contributed by atoms with Crippen molar-refractivity contribution < 1.29 is 41.4 Å². The molecular formula is C42H44ClF4N7O5S. The number of piperazine rings is 1. The maximum atomic E-state index is 17.5. The lowest BCUT2D eigenvalue weighted by Gasteiger charge is -2.42. The highest BCUT2D eigenvalue weighted by Gasteiger charge is 2.49. The summed E-state index contributed by atoms with van der Waals surface area (Å²) in [4.78, 5) is 41.2. The Morgan fingerprint density at radius 3 is 2.42 bits per heavy atom. The molecule has 12 nitrogen and oxygen atoms in total. The molecule has 2 aromatic heterocycles. The zero-order valence-electron chi connectivity index (χ0n) is 34.0. The molecule has 8 rings (SSSR count). The Kier molecular flexibility index (Phi) is 10.6. The number of halogens is 5. The summed E-state index contributed by atoms with van der Waals surface area (Å²) in [6, 6.07) is 5.33. The topological polar surface area (TPSA) is 133 Å². The number of nitriles is 1. The number of thiophene rings is 1. The molecular weight excluding hydrogens is 826 g/mol. The third-order valence-corrected chi connectivity index (χ3v) is 12.8. The molecule has 4 saturated heterocycles. The van der Waals surface area contributed by atoms with Crippen LogP contribution >= 0.6 is 22.9 Å². The number of rotatable bonds is 6. The van der Waals surface area contributed by atoms with Crippen LogP contribution in [0.2, 0.25) is 5.02 Å². The first-order valence-electron chi connectivity index (χ1n) is 19.8. The molecule has 0 saturated carbocycles. The van der Waals surface area contributed by atoms with E-state index in [0.717, 1.165) is 23.8 Å². The number of fused-ring (bicyclic) bond motifs is 5. The fourth-order valence-corrected chi connectivity index (χ4v) is 10.4. The number of nitrogens with one attached hydrogen (secondary N) is 1. The molecule has 60 heavy (non-hydrogen) atoms. The van der Waals surface area contributed by atoms with Crippen LogP contribution < -0.4 is 15.0 Å². The van der Waals surface area contributed by atoms with Crippen LogP contribution in [0.1, 0.15) is 79.2 Å². The molecule has 4 fully saturated rings. The summed E-state index contributed by atoms with van der Waals surface area (Å²) >= 11 is 7.78. The summed E-state index contributed by atoms with van der Waals surface area (Å²) in [6.45, 7) is 11.8. The number of carbonyl (C=O) groups is 2. The van der Waals surface area contributed by atoms with Gasteiger partial charge in [-0.1, -0.05) is 17.7 Å². The normalized spacial score (nSPS) is 21.7. The van der Waals surface area contributed by atoms with Gasteiger partial charge in [-0.15, -0.1) is 11.3 Å². The van der Waals surface area contributed by atoms with Crippen molar-refractivity contribution in [2.24, 2.45) is 0 Å². The molecule has 18 heteroatoms. The molecule has 4 aromatic rings. The van der Waals surface area contributed by atoms with E-state index in [-0.39, 0.29) is 90.9 Å². The van der Waals surface area contributed by atoms with E-state index < -0.39 is 46.6 Å². The number of hydrogen-bond donors (Lipinski definition) is 1. The summed E-state index contributed by atoms with van der Waals surface area (Å²) in [5.41, 5.74) is -2.62. The number of benzene rings is 2. The largest absolute Gasteiger partial charge is 0.461 e. The highest BCUT2D eigenvalue weighted by Crippen LogP contribution is 2.48. The average molecular weight is 870 g/mol. The van der Waals surface area contributed by atoms with Gasteiger partial charge < -0.3 is 19.1 Å². The molecule has 4 aliphatic heterocycles. The monoisotopic (exact) mass is 869 g/mol. The Hall–Kier alpha value is -4.92. The molecule has 3 atom stereocenters. The van der Waals surface area contributed by atoms with Crippen LogP contribution in [0.3, 0.4) is 0 Å². The van der Waals surface area contributed by atoms with Crippen LogP contribution in [0.15, 0.2) is 29.9 Å². The third-order valence-electron chi connectivity index (χ3n) is 11.4.